The highest BCUT2D eigenvalue weighted by Crippen LogP contribution is 2.31. The Bertz CT molecular complexity index is 1050. The molecule has 2 saturated heterocycles. The molecule has 9 nitrogen and oxygen atoms in total. The first-order valence-corrected chi connectivity index (χ1v) is 12.2. The quantitative estimate of drug-likeness (QED) is 0.458. The highest BCUT2D eigenvalue weighted by atomic mass is 35.5. The maximum absolute atomic E-state index is 14.2. The van der Waals surface area contributed by atoms with Gasteiger partial charge in [-0.3, -0.25) is 9.80 Å². The number of nitrogen functional groups attached to an aromatic ring is 1. The first kappa shape index (κ1) is 24.8. The van der Waals surface area contributed by atoms with Crippen molar-refractivity contribution in [1.29, 1.82) is 0 Å². The van der Waals surface area contributed by atoms with Crippen molar-refractivity contribution in [2.45, 2.75) is 44.8 Å². The highest BCUT2D eigenvalue weighted by Gasteiger charge is 2.35. The Hall–Kier alpha value is -2.27. The molecular weight excluding hydrogens is 484 g/mol. The van der Waals surface area contributed by atoms with Crippen LogP contribution in [0.5, 0.6) is 0 Å². The number of rotatable bonds is 6. The molecule has 1 atom stereocenters. The lowest BCUT2D eigenvalue weighted by atomic mass is 9.98. The van der Waals surface area contributed by atoms with Gasteiger partial charge in [-0.1, -0.05) is 24.6 Å². The average molecular weight is 512 g/mol. The predicted molar refractivity (Wildman–Crippen MR) is 131 cm³/mol. The van der Waals surface area contributed by atoms with Crippen molar-refractivity contribution in [2.24, 2.45) is 0 Å². The van der Waals surface area contributed by atoms with Crippen LogP contribution in [0.2, 0.25) is 10.2 Å². The van der Waals surface area contributed by atoms with Crippen LogP contribution in [-0.4, -0.2) is 69.5 Å². The van der Waals surface area contributed by atoms with Crippen LogP contribution in [0.15, 0.2) is 18.2 Å². The van der Waals surface area contributed by atoms with E-state index in [0.29, 0.717) is 42.1 Å². The number of nitrogens with zero attached hydrogens (tertiary/aromatic N) is 6. The average Bonchev–Trinajstić information content (AvgIpc) is 2.82. The monoisotopic (exact) mass is 511 g/mol. The van der Waals surface area contributed by atoms with Crippen LogP contribution < -0.4 is 10.6 Å². The summed E-state index contributed by atoms with van der Waals surface area (Å²) in [7, 11) is 0. The van der Waals surface area contributed by atoms with Gasteiger partial charge in [0.15, 0.2) is 5.82 Å². The lowest BCUT2D eigenvalue weighted by Crippen LogP contribution is -2.58. The van der Waals surface area contributed by atoms with E-state index in [1.54, 1.807) is 12.1 Å². The number of benzene rings is 1. The molecule has 0 bridgehead atoms. The lowest BCUT2D eigenvalue weighted by Gasteiger charge is -2.47. The molecule has 0 amide bonds. The predicted octanol–water partition coefficient (Wildman–Crippen LogP) is 3.98. The lowest BCUT2D eigenvalue weighted by molar-refractivity contribution is -0.388. The Kier molecular flexibility index (Phi) is 7.71. The van der Waals surface area contributed by atoms with Crippen LogP contribution in [0.25, 0.3) is 0 Å². The largest absolute Gasteiger partial charge is 0.408 e. The molecule has 3 heterocycles. The van der Waals surface area contributed by atoms with Crippen LogP contribution in [0, 0.1) is 15.9 Å². The maximum Gasteiger partial charge on any atom is 0.408 e. The summed E-state index contributed by atoms with van der Waals surface area (Å²) in [6.45, 7) is 6.73. The molecule has 2 fully saturated rings. The van der Waals surface area contributed by atoms with Crippen molar-refractivity contribution < 1.29 is 9.31 Å². The van der Waals surface area contributed by atoms with Crippen molar-refractivity contribution in [3.63, 3.8) is 0 Å². The van der Waals surface area contributed by atoms with Gasteiger partial charge in [0.1, 0.15) is 5.82 Å². The molecule has 184 valence electrons. The van der Waals surface area contributed by atoms with Gasteiger partial charge in [-0.25, -0.2) is 9.37 Å². The van der Waals surface area contributed by atoms with Crippen LogP contribution in [-0.2, 0) is 6.54 Å². The Morgan fingerprint density at radius 2 is 1.94 bits per heavy atom. The summed E-state index contributed by atoms with van der Waals surface area (Å²) in [5.74, 6) is -0.623. The molecule has 1 aromatic carbocycles. The van der Waals surface area contributed by atoms with E-state index in [4.69, 9.17) is 28.9 Å². The molecule has 0 saturated carbocycles. The second kappa shape index (κ2) is 10.6. The molecule has 0 radical (unpaired) electrons. The minimum atomic E-state index is -0.682. The first-order chi connectivity index (χ1) is 16.3. The number of anilines is 2. The third-order valence-corrected chi connectivity index (χ3v) is 7.24. The van der Waals surface area contributed by atoms with Crippen LogP contribution in [0.4, 0.5) is 21.8 Å². The molecule has 1 aromatic heterocycles. The number of aromatic nitrogens is 2. The Morgan fingerprint density at radius 3 is 2.59 bits per heavy atom. The van der Waals surface area contributed by atoms with E-state index in [1.807, 2.05) is 4.90 Å². The summed E-state index contributed by atoms with van der Waals surface area (Å²) in [5.41, 5.74) is 6.42. The number of hydrogen-bond donors (Lipinski definition) is 1. The zero-order valence-corrected chi connectivity index (χ0v) is 20.5. The van der Waals surface area contributed by atoms with Gasteiger partial charge in [0.25, 0.3) is 5.15 Å². The number of nitro groups is 1. The van der Waals surface area contributed by atoms with Gasteiger partial charge in [-0.15, -0.1) is 0 Å². The Balaban J connectivity index is 1.37. The standard InChI is InChI=1S/C22H28Cl2FN7O2/c1-2-16-13-30(21-19(24)27-22(32(33)34)20(26)28-21)9-10-31(16)17-5-7-29(8-6-17)12-14-3-4-15(23)11-18(14)25/h3-4,11,16-17H,2,5-10,12-13H2,1H3,(H2,26,28)/t16-/m0/s1. The fraction of sp³-hybridized carbons (Fsp3) is 0.545. The van der Waals surface area contributed by atoms with Gasteiger partial charge in [0.05, 0.1) is 0 Å². The van der Waals surface area contributed by atoms with Crippen molar-refractivity contribution in [2.75, 3.05) is 43.4 Å². The SMILES string of the molecule is CC[C@H]1CN(c2nc(N)c([N+](=O)[O-])nc2Cl)CCN1C1CCN(Cc2ccc(Cl)cc2F)CC1. The van der Waals surface area contributed by atoms with E-state index < -0.39 is 10.7 Å². The summed E-state index contributed by atoms with van der Waals surface area (Å²) in [5, 5.41) is 11.5. The van der Waals surface area contributed by atoms with Crippen LogP contribution >= 0.6 is 23.2 Å². The number of likely N-dealkylation sites (tertiary alicyclic amines) is 1. The fourth-order valence-corrected chi connectivity index (χ4v) is 5.35. The van der Waals surface area contributed by atoms with Crippen molar-refractivity contribution in [3.8, 4) is 0 Å². The van der Waals surface area contributed by atoms with Crippen molar-refractivity contribution in [1.82, 2.24) is 19.8 Å². The smallest absolute Gasteiger partial charge is 0.377 e. The minimum absolute atomic E-state index is 0.00746. The van der Waals surface area contributed by atoms with Crippen molar-refractivity contribution in [3.05, 3.63) is 49.9 Å². The van der Waals surface area contributed by atoms with E-state index in [1.165, 1.54) is 6.07 Å². The fourth-order valence-electron chi connectivity index (χ4n) is 4.95. The molecule has 2 N–H and O–H groups in total. The van der Waals surface area contributed by atoms with Gasteiger partial charge in [0, 0.05) is 48.8 Å². The number of piperazine rings is 1. The maximum atomic E-state index is 14.2. The van der Waals surface area contributed by atoms with Crippen LogP contribution in [0.3, 0.4) is 0 Å². The van der Waals surface area contributed by atoms with Gasteiger partial charge in [-0.05, 0) is 66.0 Å². The van der Waals surface area contributed by atoms with Gasteiger partial charge < -0.3 is 20.7 Å². The van der Waals surface area contributed by atoms with Gasteiger partial charge in [-0.2, -0.15) is 0 Å². The molecule has 34 heavy (non-hydrogen) atoms. The molecule has 0 aliphatic carbocycles. The third-order valence-electron chi connectivity index (χ3n) is 6.75. The van der Waals surface area contributed by atoms with E-state index in [9.17, 15) is 14.5 Å². The molecule has 4 rings (SSSR count). The number of piperidine rings is 1. The first-order valence-electron chi connectivity index (χ1n) is 11.4. The summed E-state index contributed by atoms with van der Waals surface area (Å²) in [6.07, 6.45) is 2.97. The summed E-state index contributed by atoms with van der Waals surface area (Å²) >= 11 is 12.1. The molecule has 2 aliphatic heterocycles. The zero-order chi connectivity index (χ0) is 24.4. The topological polar surface area (TPSA) is 105 Å². The Labute approximate surface area is 207 Å². The van der Waals surface area contributed by atoms with Gasteiger partial charge >= 0.3 is 5.82 Å². The molecule has 0 spiro atoms. The Morgan fingerprint density at radius 1 is 1.21 bits per heavy atom. The number of hydrogen-bond acceptors (Lipinski definition) is 8. The second-order valence-electron chi connectivity index (χ2n) is 8.79. The molecular formula is C22H28Cl2FN7O2. The van der Waals surface area contributed by atoms with Crippen LogP contribution in [0.1, 0.15) is 31.7 Å². The van der Waals surface area contributed by atoms with E-state index >= 15 is 0 Å². The third kappa shape index (κ3) is 5.35. The van der Waals surface area contributed by atoms with E-state index in [2.05, 4.69) is 26.7 Å². The van der Waals surface area contributed by atoms with Gasteiger partial charge in [0.2, 0.25) is 5.82 Å². The molecule has 12 heteroatoms. The zero-order valence-electron chi connectivity index (χ0n) is 19.0. The second-order valence-corrected chi connectivity index (χ2v) is 9.59. The van der Waals surface area contributed by atoms with E-state index in [-0.39, 0.29) is 22.8 Å². The highest BCUT2D eigenvalue weighted by molar-refractivity contribution is 6.32. The molecule has 0 unspecified atom stereocenters. The molecule has 2 aromatic rings. The summed E-state index contributed by atoms with van der Waals surface area (Å²) < 4.78 is 14.2. The summed E-state index contributed by atoms with van der Waals surface area (Å²) in [4.78, 5) is 25.3. The minimum Gasteiger partial charge on any atom is -0.377 e. The van der Waals surface area contributed by atoms with Crippen molar-refractivity contribution >= 4 is 40.7 Å². The van der Waals surface area contributed by atoms with E-state index in [0.717, 1.165) is 38.9 Å². The number of halogens is 3. The molecule has 2 aliphatic rings. The summed E-state index contributed by atoms with van der Waals surface area (Å²) in [6, 6.07) is 5.59. The number of nitrogens with two attached hydrogens (primary N) is 1. The normalized spacial score (nSPS) is 20.6.